The largest absolute Gasteiger partial charge is 0.377 e. The number of ether oxygens (including phenoxy) is 1. The van der Waals surface area contributed by atoms with Gasteiger partial charge in [-0.25, -0.2) is 0 Å². The molecule has 0 heterocycles. The minimum atomic E-state index is 0.393. The Bertz CT molecular complexity index is 106. The zero-order valence-electron chi connectivity index (χ0n) is 9.60. The second-order valence-corrected chi connectivity index (χ2v) is 3.50. The molecule has 80 valence electrons. The lowest BCUT2D eigenvalue weighted by Gasteiger charge is -2.25. The Morgan fingerprint density at radius 2 is 1.85 bits per heavy atom. The molecule has 0 aliphatic rings. The molecule has 2 unspecified atom stereocenters. The van der Waals surface area contributed by atoms with Crippen molar-refractivity contribution in [1.29, 1.82) is 0 Å². The predicted molar refractivity (Wildman–Crippen MR) is 58.1 cm³/mol. The highest BCUT2D eigenvalue weighted by molar-refractivity contribution is 4.74. The summed E-state index contributed by atoms with van der Waals surface area (Å²) in [7, 11) is 2.03. The van der Waals surface area contributed by atoms with Crippen molar-refractivity contribution < 1.29 is 4.74 Å². The average molecular weight is 187 g/mol. The van der Waals surface area contributed by atoms with Gasteiger partial charge in [-0.2, -0.15) is 0 Å². The monoisotopic (exact) mass is 187 g/mol. The normalized spacial score (nSPS) is 15.7. The van der Waals surface area contributed by atoms with E-state index in [0.29, 0.717) is 12.1 Å². The quantitative estimate of drug-likeness (QED) is 0.630. The van der Waals surface area contributed by atoms with Crippen LogP contribution in [-0.2, 0) is 4.74 Å². The van der Waals surface area contributed by atoms with E-state index in [-0.39, 0.29) is 0 Å². The molecule has 0 saturated carbocycles. The summed E-state index contributed by atoms with van der Waals surface area (Å²) in [6.07, 6.45) is 5.03. The van der Waals surface area contributed by atoms with Crippen LogP contribution in [0.3, 0.4) is 0 Å². The summed E-state index contributed by atoms with van der Waals surface area (Å²) in [4.78, 5) is 0. The molecule has 0 aromatic rings. The van der Waals surface area contributed by atoms with Crippen LogP contribution in [0.25, 0.3) is 0 Å². The van der Waals surface area contributed by atoms with Gasteiger partial charge in [0, 0.05) is 12.6 Å². The van der Waals surface area contributed by atoms with Gasteiger partial charge in [-0.05, 0) is 26.3 Å². The van der Waals surface area contributed by atoms with Crippen LogP contribution in [0.5, 0.6) is 0 Å². The summed E-state index contributed by atoms with van der Waals surface area (Å²) in [5.41, 5.74) is 0. The molecule has 13 heavy (non-hydrogen) atoms. The summed E-state index contributed by atoms with van der Waals surface area (Å²) in [6, 6.07) is 0.529. The maximum atomic E-state index is 5.78. The van der Waals surface area contributed by atoms with Crippen LogP contribution < -0.4 is 5.32 Å². The van der Waals surface area contributed by atoms with Gasteiger partial charge in [0.15, 0.2) is 0 Å². The van der Waals surface area contributed by atoms with Crippen molar-refractivity contribution >= 4 is 0 Å². The average Bonchev–Trinajstić information content (AvgIpc) is 2.17. The first kappa shape index (κ1) is 12.9. The highest BCUT2D eigenvalue weighted by Gasteiger charge is 2.17. The van der Waals surface area contributed by atoms with Crippen molar-refractivity contribution in [2.45, 2.75) is 58.6 Å². The maximum absolute atomic E-state index is 5.78. The van der Waals surface area contributed by atoms with E-state index in [9.17, 15) is 0 Å². The lowest BCUT2D eigenvalue weighted by Crippen LogP contribution is -2.39. The second kappa shape index (κ2) is 8.52. The van der Waals surface area contributed by atoms with Crippen molar-refractivity contribution in [3.63, 3.8) is 0 Å². The molecule has 0 bridgehead atoms. The fourth-order valence-corrected chi connectivity index (χ4v) is 1.61. The van der Waals surface area contributed by atoms with Crippen LogP contribution in [0.2, 0.25) is 0 Å². The Balaban J connectivity index is 3.84. The van der Waals surface area contributed by atoms with E-state index in [0.717, 1.165) is 19.4 Å². The van der Waals surface area contributed by atoms with Gasteiger partial charge in [-0.3, -0.25) is 0 Å². The third-order valence-electron chi connectivity index (χ3n) is 2.36. The predicted octanol–water partition coefficient (Wildman–Crippen LogP) is 2.58. The van der Waals surface area contributed by atoms with Gasteiger partial charge in [0.1, 0.15) is 0 Å². The topological polar surface area (TPSA) is 21.3 Å². The van der Waals surface area contributed by atoms with E-state index in [1.165, 1.54) is 12.8 Å². The molecule has 0 rings (SSSR count). The number of likely N-dealkylation sites (N-methyl/N-ethyl adjacent to an activating group) is 1. The van der Waals surface area contributed by atoms with Gasteiger partial charge in [-0.1, -0.05) is 27.2 Å². The number of hydrogen-bond donors (Lipinski definition) is 1. The molecule has 2 atom stereocenters. The standard InChI is InChI=1S/C11H25NO/c1-5-8-10(12-4)11(7-3)13-9-6-2/h10-12H,5-9H2,1-4H3. The van der Waals surface area contributed by atoms with Gasteiger partial charge >= 0.3 is 0 Å². The molecule has 2 heteroatoms. The first-order valence-electron chi connectivity index (χ1n) is 5.58. The Kier molecular flexibility index (Phi) is 8.46. The first-order chi connectivity index (χ1) is 6.29. The highest BCUT2D eigenvalue weighted by Crippen LogP contribution is 2.09. The minimum Gasteiger partial charge on any atom is -0.377 e. The van der Waals surface area contributed by atoms with E-state index in [1.807, 2.05) is 7.05 Å². The van der Waals surface area contributed by atoms with Crippen molar-refractivity contribution in [2.24, 2.45) is 0 Å². The van der Waals surface area contributed by atoms with E-state index in [2.05, 4.69) is 26.1 Å². The molecule has 1 N–H and O–H groups in total. The van der Waals surface area contributed by atoms with E-state index in [4.69, 9.17) is 4.74 Å². The molecule has 0 aromatic heterocycles. The Labute approximate surface area is 83.1 Å². The van der Waals surface area contributed by atoms with Crippen LogP contribution in [0.4, 0.5) is 0 Å². The molecule has 0 spiro atoms. The van der Waals surface area contributed by atoms with Crippen LogP contribution >= 0.6 is 0 Å². The van der Waals surface area contributed by atoms with Crippen molar-refractivity contribution in [1.82, 2.24) is 5.32 Å². The number of nitrogens with one attached hydrogen (secondary N) is 1. The maximum Gasteiger partial charge on any atom is 0.0725 e. The minimum absolute atomic E-state index is 0.393. The van der Waals surface area contributed by atoms with E-state index in [1.54, 1.807) is 0 Å². The van der Waals surface area contributed by atoms with Gasteiger partial charge in [0.25, 0.3) is 0 Å². The zero-order chi connectivity index (χ0) is 10.1. The third kappa shape index (κ3) is 5.27. The van der Waals surface area contributed by atoms with Gasteiger partial charge in [0.2, 0.25) is 0 Å². The van der Waals surface area contributed by atoms with Gasteiger partial charge in [0.05, 0.1) is 6.10 Å². The third-order valence-corrected chi connectivity index (χ3v) is 2.36. The van der Waals surface area contributed by atoms with Crippen molar-refractivity contribution in [3.8, 4) is 0 Å². The van der Waals surface area contributed by atoms with Crippen LogP contribution in [0.15, 0.2) is 0 Å². The molecule has 2 nitrogen and oxygen atoms in total. The molecule has 0 amide bonds. The summed E-state index contributed by atoms with van der Waals surface area (Å²) in [5.74, 6) is 0. The Morgan fingerprint density at radius 1 is 1.15 bits per heavy atom. The molecule has 0 radical (unpaired) electrons. The zero-order valence-corrected chi connectivity index (χ0v) is 9.60. The Hall–Kier alpha value is -0.0800. The summed E-state index contributed by atoms with van der Waals surface area (Å²) in [5, 5.41) is 3.34. The molecule has 0 fully saturated rings. The van der Waals surface area contributed by atoms with E-state index < -0.39 is 0 Å². The molecule has 0 aliphatic carbocycles. The highest BCUT2D eigenvalue weighted by atomic mass is 16.5. The molecule has 0 saturated heterocycles. The van der Waals surface area contributed by atoms with Crippen LogP contribution in [0, 0.1) is 0 Å². The lowest BCUT2D eigenvalue weighted by molar-refractivity contribution is 0.0238. The SMILES string of the molecule is CCCOC(CC)C(CCC)NC. The van der Waals surface area contributed by atoms with Crippen LogP contribution in [0.1, 0.15) is 46.5 Å². The molecular weight excluding hydrogens is 162 g/mol. The summed E-state index contributed by atoms with van der Waals surface area (Å²) < 4.78 is 5.78. The Morgan fingerprint density at radius 3 is 2.23 bits per heavy atom. The molecule has 0 aliphatic heterocycles. The second-order valence-electron chi connectivity index (χ2n) is 3.50. The first-order valence-corrected chi connectivity index (χ1v) is 5.58. The number of hydrogen-bond acceptors (Lipinski definition) is 2. The van der Waals surface area contributed by atoms with Crippen molar-refractivity contribution in [3.05, 3.63) is 0 Å². The van der Waals surface area contributed by atoms with Crippen molar-refractivity contribution in [2.75, 3.05) is 13.7 Å². The summed E-state index contributed by atoms with van der Waals surface area (Å²) in [6.45, 7) is 7.46. The van der Waals surface area contributed by atoms with Crippen LogP contribution in [-0.4, -0.2) is 25.8 Å². The fraction of sp³-hybridized carbons (Fsp3) is 1.00. The smallest absolute Gasteiger partial charge is 0.0725 e. The summed E-state index contributed by atoms with van der Waals surface area (Å²) >= 11 is 0. The number of rotatable bonds is 8. The molecular formula is C11H25NO. The lowest BCUT2D eigenvalue weighted by atomic mass is 10.0. The van der Waals surface area contributed by atoms with E-state index >= 15 is 0 Å². The fourth-order valence-electron chi connectivity index (χ4n) is 1.61. The van der Waals surface area contributed by atoms with Gasteiger partial charge < -0.3 is 10.1 Å². The van der Waals surface area contributed by atoms with Gasteiger partial charge in [-0.15, -0.1) is 0 Å². The molecule has 0 aromatic carbocycles.